The summed E-state index contributed by atoms with van der Waals surface area (Å²) in [6.45, 7) is 1.56. The highest BCUT2D eigenvalue weighted by molar-refractivity contribution is 6.30. The number of nitro benzene ring substituents is 1. The monoisotopic (exact) mass is 291 g/mol. The Kier molecular flexibility index (Phi) is 4.00. The van der Waals surface area contributed by atoms with Crippen LogP contribution in [-0.4, -0.2) is 10.9 Å². The molecule has 102 valence electrons. The number of nitro groups is 1. The van der Waals surface area contributed by atoms with Gasteiger partial charge in [-0.05, 0) is 31.2 Å². The molecule has 0 aromatic heterocycles. The zero-order valence-corrected chi connectivity index (χ0v) is 11.3. The van der Waals surface area contributed by atoms with Gasteiger partial charge in [-0.15, -0.1) is 0 Å². The van der Waals surface area contributed by atoms with E-state index in [1.54, 1.807) is 37.3 Å². The number of ether oxygens (including phenoxy) is 1. The van der Waals surface area contributed by atoms with Crippen LogP contribution in [0.4, 0.5) is 5.69 Å². The summed E-state index contributed by atoms with van der Waals surface area (Å²) in [6.07, 6.45) is 0. The molecule has 20 heavy (non-hydrogen) atoms. The summed E-state index contributed by atoms with van der Waals surface area (Å²) < 4.78 is 5.10. The number of aryl methyl sites for hydroxylation is 1. The zero-order valence-electron chi connectivity index (χ0n) is 10.5. The molecule has 0 atom stereocenters. The zero-order chi connectivity index (χ0) is 14.7. The van der Waals surface area contributed by atoms with Crippen molar-refractivity contribution in [1.29, 1.82) is 0 Å². The second kappa shape index (κ2) is 5.71. The summed E-state index contributed by atoms with van der Waals surface area (Å²) in [5.74, 6) is -0.555. The largest absolute Gasteiger partial charge is 0.423 e. The molecule has 0 unspecified atom stereocenters. The Balaban J connectivity index is 2.35. The van der Waals surface area contributed by atoms with Gasteiger partial charge in [0.2, 0.25) is 0 Å². The minimum absolute atomic E-state index is 0.0880. The number of para-hydroxylation sites is 1. The highest BCUT2D eigenvalue weighted by Crippen LogP contribution is 2.25. The lowest BCUT2D eigenvalue weighted by molar-refractivity contribution is -0.385. The predicted octanol–water partition coefficient (Wildman–Crippen LogP) is 3.78. The number of esters is 1. The van der Waals surface area contributed by atoms with E-state index in [0.29, 0.717) is 10.6 Å². The number of benzene rings is 2. The molecular weight excluding hydrogens is 282 g/mol. The van der Waals surface area contributed by atoms with Crippen LogP contribution >= 0.6 is 11.6 Å². The fraction of sp³-hybridized carbons (Fsp3) is 0.0714. The second-order valence-electron chi connectivity index (χ2n) is 4.08. The third-order valence-electron chi connectivity index (χ3n) is 2.65. The average molecular weight is 292 g/mol. The van der Waals surface area contributed by atoms with E-state index < -0.39 is 10.9 Å². The lowest BCUT2D eigenvalue weighted by atomic mass is 10.1. The molecule has 2 aromatic rings. The molecule has 0 amide bonds. The third kappa shape index (κ3) is 2.95. The molecule has 0 saturated carbocycles. The van der Waals surface area contributed by atoms with Gasteiger partial charge in [-0.3, -0.25) is 10.1 Å². The van der Waals surface area contributed by atoms with Crippen molar-refractivity contribution in [2.24, 2.45) is 0 Å². The first kappa shape index (κ1) is 14.0. The second-order valence-corrected chi connectivity index (χ2v) is 4.51. The molecule has 6 heteroatoms. The van der Waals surface area contributed by atoms with Crippen LogP contribution in [0.15, 0.2) is 42.5 Å². The normalized spacial score (nSPS) is 10.1. The molecule has 5 nitrogen and oxygen atoms in total. The van der Waals surface area contributed by atoms with Crippen LogP contribution in [0.3, 0.4) is 0 Å². The summed E-state index contributed by atoms with van der Waals surface area (Å²) in [5, 5.41) is 11.4. The first-order valence-electron chi connectivity index (χ1n) is 5.71. The molecule has 0 saturated heterocycles. The van der Waals surface area contributed by atoms with E-state index in [1.165, 1.54) is 12.1 Å². The maximum atomic E-state index is 12.0. The van der Waals surface area contributed by atoms with Gasteiger partial charge in [-0.25, -0.2) is 4.79 Å². The topological polar surface area (TPSA) is 69.4 Å². The Morgan fingerprint density at radius 1 is 1.25 bits per heavy atom. The van der Waals surface area contributed by atoms with Crippen LogP contribution in [-0.2, 0) is 0 Å². The summed E-state index contributed by atoms with van der Waals surface area (Å²) in [4.78, 5) is 22.5. The van der Waals surface area contributed by atoms with E-state index in [4.69, 9.17) is 16.3 Å². The van der Waals surface area contributed by atoms with Gasteiger partial charge < -0.3 is 4.74 Å². The van der Waals surface area contributed by atoms with Gasteiger partial charge in [0.25, 0.3) is 5.69 Å². The number of nitrogens with zero attached hydrogens (tertiary/aromatic N) is 1. The SMILES string of the molecule is Cc1cccc(C(=O)Oc2cccc(Cl)c2)c1[N+](=O)[O-]. The Bertz CT molecular complexity index is 685. The first-order valence-corrected chi connectivity index (χ1v) is 6.08. The molecule has 2 aromatic carbocycles. The lowest BCUT2D eigenvalue weighted by Crippen LogP contribution is -2.11. The molecule has 0 aliphatic carbocycles. The fourth-order valence-corrected chi connectivity index (χ4v) is 1.94. The molecule has 0 N–H and O–H groups in total. The summed E-state index contributed by atoms with van der Waals surface area (Å²) in [5.41, 5.74) is 0.0602. The Morgan fingerprint density at radius 2 is 1.95 bits per heavy atom. The van der Waals surface area contributed by atoms with Crippen LogP contribution < -0.4 is 4.74 Å². The van der Waals surface area contributed by atoms with Crippen LogP contribution in [0, 0.1) is 17.0 Å². The van der Waals surface area contributed by atoms with Crippen molar-refractivity contribution in [2.75, 3.05) is 0 Å². The van der Waals surface area contributed by atoms with E-state index in [0.717, 1.165) is 0 Å². The van der Waals surface area contributed by atoms with Gasteiger partial charge in [0, 0.05) is 10.6 Å². The maximum absolute atomic E-state index is 12.0. The summed E-state index contributed by atoms with van der Waals surface area (Å²) >= 11 is 5.78. The summed E-state index contributed by atoms with van der Waals surface area (Å²) in [7, 11) is 0. The minimum Gasteiger partial charge on any atom is -0.423 e. The van der Waals surface area contributed by atoms with Gasteiger partial charge >= 0.3 is 5.97 Å². The maximum Gasteiger partial charge on any atom is 0.350 e. The molecule has 0 fully saturated rings. The van der Waals surface area contributed by atoms with Crippen LogP contribution in [0.5, 0.6) is 5.75 Å². The van der Waals surface area contributed by atoms with Crippen molar-refractivity contribution >= 4 is 23.3 Å². The molecule has 0 heterocycles. The van der Waals surface area contributed by atoms with Crippen molar-refractivity contribution in [3.8, 4) is 5.75 Å². The minimum atomic E-state index is -0.789. The van der Waals surface area contributed by atoms with Gasteiger partial charge in [-0.1, -0.05) is 29.8 Å². The molecule has 0 aliphatic rings. The average Bonchev–Trinajstić information content (AvgIpc) is 2.37. The highest BCUT2D eigenvalue weighted by atomic mass is 35.5. The Morgan fingerprint density at radius 3 is 2.60 bits per heavy atom. The van der Waals surface area contributed by atoms with E-state index >= 15 is 0 Å². The molecule has 2 rings (SSSR count). The third-order valence-corrected chi connectivity index (χ3v) is 2.88. The van der Waals surface area contributed by atoms with Gasteiger partial charge in [0.15, 0.2) is 0 Å². The number of rotatable bonds is 3. The highest BCUT2D eigenvalue weighted by Gasteiger charge is 2.23. The quantitative estimate of drug-likeness (QED) is 0.373. The van der Waals surface area contributed by atoms with E-state index in [-0.39, 0.29) is 17.0 Å². The standard InChI is InChI=1S/C14H10ClNO4/c1-9-4-2-7-12(13(9)16(18)19)14(17)20-11-6-3-5-10(15)8-11/h2-8H,1H3. The predicted molar refractivity (Wildman–Crippen MR) is 74.2 cm³/mol. The summed E-state index contributed by atoms with van der Waals surface area (Å²) in [6, 6.07) is 10.7. The number of carbonyl (C=O) groups is 1. The fourth-order valence-electron chi connectivity index (χ4n) is 1.76. The Hall–Kier alpha value is -2.40. The van der Waals surface area contributed by atoms with Crippen molar-refractivity contribution < 1.29 is 14.5 Å². The van der Waals surface area contributed by atoms with Crippen LogP contribution in [0.2, 0.25) is 5.02 Å². The van der Waals surface area contributed by atoms with E-state index in [1.807, 2.05) is 0 Å². The Labute approximate surface area is 119 Å². The number of hydrogen-bond donors (Lipinski definition) is 0. The molecular formula is C14H10ClNO4. The number of halogens is 1. The van der Waals surface area contributed by atoms with Crippen molar-refractivity contribution in [2.45, 2.75) is 6.92 Å². The van der Waals surface area contributed by atoms with E-state index in [2.05, 4.69) is 0 Å². The molecule has 0 radical (unpaired) electrons. The van der Waals surface area contributed by atoms with Gasteiger partial charge in [0.05, 0.1) is 4.92 Å². The van der Waals surface area contributed by atoms with Gasteiger partial charge in [-0.2, -0.15) is 0 Å². The lowest BCUT2D eigenvalue weighted by Gasteiger charge is -2.06. The van der Waals surface area contributed by atoms with E-state index in [9.17, 15) is 14.9 Å². The van der Waals surface area contributed by atoms with Crippen LogP contribution in [0.25, 0.3) is 0 Å². The molecule has 0 bridgehead atoms. The first-order chi connectivity index (χ1) is 9.49. The molecule has 0 aliphatic heterocycles. The van der Waals surface area contributed by atoms with Crippen molar-refractivity contribution in [3.63, 3.8) is 0 Å². The molecule has 0 spiro atoms. The van der Waals surface area contributed by atoms with Crippen LogP contribution in [0.1, 0.15) is 15.9 Å². The van der Waals surface area contributed by atoms with Crippen molar-refractivity contribution in [3.05, 3.63) is 68.7 Å². The number of hydrogen-bond acceptors (Lipinski definition) is 4. The van der Waals surface area contributed by atoms with Gasteiger partial charge in [0.1, 0.15) is 11.3 Å². The number of carbonyl (C=O) groups excluding carboxylic acids is 1. The van der Waals surface area contributed by atoms with Crippen molar-refractivity contribution in [1.82, 2.24) is 0 Å². The smallest absolute Gasteiger partial charge is 0.350 e.